The van der Waals surface area contributed by atoms with Crippen molar-refractivity contribution in [2.45, 2.75) is 20.5 Å². The lowest BCUT2D eigenvalue weighted by Crippen LogP contribution is -1.81. The van der Waals surface area contributed by atoms with Crippen molar-refractivity contribution in [3.8, 4) is 11.3 Å². The Morgan fingerprint density at radius 2 is 1.80 bits per heavy atom. The van der Waals surface area contributed by atoms with Crippen LogP contribution < -0.4 is 0 Å². The number of aliphatic hydroxyl groups excluding tert-OH is 1. The summed E-state index contributed by atoms with van der Waals surface area (Å²) < 4.78 is 5.14. The van der Waals surface area contributed by atoms with E-state index >= 15 is 0 Å². The van der Waals surface area contributed by atoms with Gasteiger partial charge in [0.25, 0.3) is 0 Å². The second-order valence-electron chi connectivity index (χ2n) is 3.72. The molecule has 0 aliphatic heterocycles. The molecule has 15 heavy (non-hydrogen) atoms. The maximum absolute atomic E-state index is 8.88. The van der Waals surface area contributed by atoms with Crippen molar-refractivity contribution in [2.24, 2.45) is 0 Å². The summed E-state index contributed by atoms with van der Waals surface area (Å²) in [6, 6.07) is 7.93. The van der Waals surface area contributed by atoms with Crippen LogP contribution in [0, 0.1) is 13.8 Å². The average Bonchev–Trinajstić information content (AvgIpc) is 2.64. The number of aliphatic hydroxyl groups is 1. The molecule has 0 unspecified atom stereocenters. The van der Waals surface area contributed by atoms with Crippen LogP contribution in [0.15, 0.2) is 28.8 Å². The zero-order valence-corrected chi connectivity index (χ0v) is 8.82. The molecule has 0 saturated carbocycles. The Bertz CT molecular complexity index is 454. The monoisotopic (exact) mass is 203 g/mol. The van der Waals surface area contributed by atoms with Gasteiger partial charge in [-0.1, -0.05) is 22.3 Å². The Kier molecular flexibility index (Phi) is 2.56. The molecule has 1 aromatic heterocycles. The molecule has 0 aliphatic carbocycles. The predicted octanol–water partition coefficient (Wildman–Crippen LogP) is 2.45. The van der Waals surface area contributed by atoms with E-state index < -0.39 is 0 Å². The van der Waals surface area contributed by atoms with Gasteiger partial charge in [0, 0.05) is 11.6 Å². The number of rotatable bonds is 2. The number of nitrogens with zero attached hydrogens (tertiary/aromatic N) is 1. The maximum Gasteiger partial charge on any atom is 0.167 e. The molecular weight excluding hydrogens is 190 g/mol. The first-order chi connectivity index (χ1) is 7.19. The Balaban J connectivity index is 2.44. The van der Waals surface area contributed by atoms with E-state index in [2.05, 4.69) is 11.2 Å². The van der Waals surface area contributed by atoms with E-state index in [1.807, 2.05) is 26.0 Å². The van der Waals surface area contributed by atoms with E-state index in [9.17, 15) is 0 Å². The highest BCUT2D eigenvalue weighted by Gasteiger charge is 2.06. The Hall–Kier alpha value is -1.61. The third-order valence-electron chi connectivity index (χ3n) is 2.23. The number of hydrogen-bond acceptors (Lipinski definition) is 3. The van der Waals surface area contributed by atoms with Crippen molar-refractivity contribution in [1.82, 2.24) is 5.16 Å². The van der Waals surface area contributed by atoms with Gasteiger partial charge in [0.15, 0.2) is 5.76 Å². The van der Waals surface area contributed by atoms with Crippen molar-refractivity contribution < 1.29 is 9.63 Å². The summed E-state index contributed by atoms with van der Waals surface area (Å²) in [5, 5.41) is 12.6. The molecule has 0 atom stereocenters. The van der Waals surface area contributed by atoms with E-state index in [1.54, 1.807) is 6.07 Å². The highest BCUT2D eigenvalue weighted by Crippen LogP contribution is 2.22. The van der Waals surface area contributed by atoms with Gasteiger partial charge in [-0.3, -0.25) is 0 Å². The molecule has 1 N–H and O–H groups in total. The Morgan fingerprint density at radius 1 is 1.13 bits per heavy atom. The third kappa shape index (κ3) is 2.07. The Morgan fingerprint density at radius 3 is 2.33 bits per heavy atom. The van der Waals surface area contributed by atoms with Crippen LogP contribution in [0.4, 0.5) is 0 Å². The largest absolute Gasteiger partial charge is 0.390 e. The molecule has 0 spiro atoms. The van der Waals surface area contributed by atoms with Gasteiger partial charge in [0.1, 0.15) is 5.69 Å². The zero-order chi connectivity index (χ0) is 10.8. The summed E-state index contributed by atoms with van der Waals surface area (Å²) in [6.45, 7) is 3.99. The minimum atomic E-state index is -0.0890. The Labute approximate surface area is 88.3 Å². The van der Waals surface area contributed by atoms with Gasteiger partial charge in [0.2, 0.25) is 0 Å². The van der Waals surface area contributed by atoms with Crippen LogP contribution in [0.3, 0.4) is 0 Å². The molecule has 0 radical (unpaired) electrons. The van der Waals surface area contributed by atoms with Gasteiger partial charge in [-0.2, -0.15) is 0 Å². The van der Waals surface area contributed by atoms with Crippen LogP contribution in [0.2, 0.25) is 0 Å². The third-order valence-corrected chi connectivity index (χ3v) is 2.23. The summed E-state index contributed by atoms with van der Waals surface area (Å²) in [6.07, 6.45) is 0. The lowest BCUT2D eigenvalue weighted by atomic mass is 10.1. The number of aromatic nitrogens is 1. The second kappa shape index (κ2) is 3.87. The van der Waals surface area contributed by atoms with E-state index in [1.165, 1.54) is 11.1 Å². The van der Waals surface area contributed by atoms with Gasteiger partial charge in [-0.25, -0.2) is 0 Å². The van der Waals surface area contributed by atoms with Crippen molar-refractivity contribution >= 4 is 0 Å². The minimum absolute atomic E-state index is 0.0890. The van der Waals surface area contributed by atoms with E-state index in [0.29, 0.717) is 11.5 Å². The van der Waals surface area contributed by atoms with Crippen LogP contribution in [0.5, 0.6) is 0 Å². The van der Waals surface area contributed by atoms with Crippen LogP contribution in [0.1, 0.15) is 16.8 Å². The quantitative estimate of drug-likeness (QED) is 0.815. The van der Waals surface area contributed by atoms with Gasteiger partial charge in [0.05, 0.1) is 6.61 Å². The predicted molar refractivity (Wildman–Crippen MR) is 57.3 cm³/mol. The topological polar surface area (TPSA) is 46.3 Å². The lowest BCUT2D eigenvalue weighted by molar-refractivity contribution is 0.267. The summed E-state index contributed by atoms with van der Waals surface area (Å²) >= 11 is 0. The molecule has 0 saturated heterocycles. The normalized spacial score (nSPS) is 10.6. The van der Waals surface area contributed by atoms with Crippen molar-refractivity contribution in [3.05, 3.63) is 41.1 Å². The van der Waals surface area contributed by atoms with Gasteiger partial charge >= 0.3 is 0 Å². The lowest BCUT2D eigenvalue weighted by Gasteiger charge is -2.00. The van der Waals surface area contributed by atoms with E-state index in [0.717, 1.165) is 5.56 Å². The van der Waals surface area contributed by atoms with Crippen molar-refractivity contribution in [1.29, 1.82) is 0 Å². The SMILES string of the molecule is Cc1cc(C)cc(-c2cc(CO)no2)c1. The zero-order valence-electron chi connectivity index (χ0n) is 8.82. The highest BCUT2D eigenvalue weighted by molar-refractivity contribution is 5.59. The molecule has 0 fully saturated rings. The first-order valence-corrected chi connectivity index (χ1v) is 4.84. The van der Waals surface area contributed by atoms with Gasteiger partial charge in [-0.15, -0.1) is 0 Å². The fourth-order valence-electron chi connectivity index (χ4n) is 1.64. The molecule has 3 nitrogen and oxygen atoms in total. The van der Waals surface area contributed by atoms with Crippen LogP contribution in [-0.4, -0.2) is 10.3 Å². The molecule has 0 amide bonds. The van der Waals surface area contributed by atoms with Crippen LogP contribution in [0.25, 0.3) is 11.3 Å². The summed E-state index contributed by atoms with van der Waals surface area (Å²) in [4.78, 5) is 0. The average molecular weight is 203 g/mol. The van der Waals surface area contributed by atoms with Gasteiger partial charge in [-0.05, 0) is 26.0 Å². The van der Waals surface area contributed by atoms with Crippen molar-refractivity contribution in [2.75, 3.05) is 0 Å². The molecular formula is C12H13NO2. The van der Waals surface area contributed by atoms with E-state index in [-0.39, 0.29) is 6.61 Å². The van der Waals surface area contributed by atoms with E-state index in [4.69, 9.17) is 9.63 Å². The van der Waals surface area contributed by atoms with Crippen LogP contribution in [-0.2, 0) is 6.61 Å². The maximum atomic E-state index is 8.88. The molecule has 1 heterocycles. The standard InChI is InChI=1S/C12H13NO2/c1-8-3-9(2)5-10(4-8)12-6-11(7-14)13-15-12/h3-6,14H,7H2,1-2H3. The molecule has 0 bridgehead atoms. The second-order valence-corrected chi connectivity index (χ2v) is 3.72. The van der Waals surface area contributed by atoms with Gasteiger partial charge < -0.3 is 9.63 Å². The fourth-order valence-corrected chi connectivity index (χ4v) is 1.64. The first kappa shape index (κ1) is 9.93. The summed E-state index contributed by atoms with van der Waals surface area (Å²) in [5.41, 5.74) is 3.93. The molecule has 0 aliphatic rings. The highest BCUT2D eigenvalue weighted by atomic mass is 16.5. The molecule has 3 heteroatoms. The fraction of sp³-hybridized carbons (Fsp3) is 0.250. The molecule has 1 aromatic carbocycles. The number of hydrogen-bond donors (Lipinski definition) is 1. The van der Waals surface area contributed by atoms with Crippen molar-refractivity contribution in [3.63, 3.8) is 0 Å². The molecule has 2 aromatic rings. The summed E-state index contributed by atoms with van der Waals surface area (Å²) in [7, 11) is 0. The molecule has 2 rings (SSSR count). The molecule has 78 valence electrons. The number of aryl methyl sites for hydroxylation is 2. The van der Waals surface area contributed by atoms with Crippen LogP contribution >= 0.6 is 0 Å². The first-order valence-electron chi connectivity index (χ1n) is 4.84. The smallest absolute Gasteiger partial charge is 0.167 e. The summed E-state index contributed by atoms with van der Waals surface area (Å²) in [5.74, 6) is 0.700. The minimum Gasteiger partial charge on any atom is -0.390 e. The number of benzene rings is 1.